The van der Waals surface area contributed by atoms with Gasteiger partial charge in [0.15, 0.2) is 0 Å². The minimum absolute atomic E-state index is 0.366. The largest absolute Gasteiger partial charge is 0.487 e. The van der Waals surface area contributed by atoms with Crippen molar-refractivity contribution in [3.63, 3.8) is 0 Å². The van der Waals surface area contributed by atoms with E-state index in [1.165, 1.54) is 0 Å². The van der Waals surface area contributed by atoms with Crippen LogP contribution >= 0.6 is 15.9 Å². The molecule has 0 saturated heterocycles. The number of nitrogens with two attached hydrogens (primary N) is 1. The molecule has 0 aliphatic rings. The molecular formula is C16H19BrN2O. The Kier molecular flexibility index (Phi) is 4.65. The fraction of sp³-hybridized carbons (Fsp3) is 0.312. The van der Waals surface area contributed by atoms with E-state index in [0.717, 1.165) is 32.7 Å². The van der Waals surface area contributed by atoms with Crippen LogP contribution in [0.2, 0.25) is 0 Å². The van der Waals surface area contributed by atoms with E-state index < -0.39 is 0 Å². The van der Waals surface area contributed by atoms with Crippen LogP contribution in [-0.2, 0) is 6.61 Å². The number of aromatic nitrogens is 1. The zero-order valence-corrected chi connectivity index (χ0v) is 13.6. The Balaban J connectivity index is 2.20. The van der Waals surface area contributed by atoms with Crippen molar-refractivity contribution >= 4 is 21.6 Å². The summed E-state index contributed by atoms with van der Waals surface area (Å²) in [5.74, 6) is 1.25. The number of pyridine rings is 1. The van der Waals surface area contributed by atoms with Crippen LogP contribution in [0.4, 0.5) is 5.69 Å². The lowest BCUT2D eigenvalue weighted by Gasteiger charge is -2.16. The third-order valence-electron chi connectivity index (χ3n) is 3.18. The maximum absolute atomic E-state index is 5.98. The second kappa shape index (κ2) is 6.27. The predicted molar refractivity (Wildman–Crippen MR) is 85.9 cm³/mol. The van der Waals surface area contributed by atoms with Gasteiger partial charge in [0.25, 0.3) is 0 Å². The molecule has 4 heteroatoms. The molecule has 3 nitrogen and oxygen atoms in total. The van der Waals surface area contributed by atoms with Gasteiger partial charge in [0.05, 0.1) is 5.69 Å². The van der Waals surface area contributed by atoms with E-state index in [4.69, 9.17) is 10.5 Å². The molecule has 20 heavy (non-hydrogen) atoms. The van der Waals surface area contributed by atoms with Gasteiger partial charge < -0.3 is 10.5 Å². The highest BCUT2D eigenvalue weighted by molar-refractivity contribution is 9.10. The van der Waals surface area contributed by atoms with Crippen LogP contribution in [0.5, 0.6) is 5.75 Å². The first-order valence-electron chi connectivity index (χ1n) is 6.60. The first-order chi connectivity index (χ1) is 9.47. The molecule has 0 unspecified atom stereocenters. The van der Waals surface area contributed by atoms with Crippen molar-refractivity contribution in [2.75, 3.05) is 5.73 Å². The Morgan fingerprint density at radius 3 is 2.65 bits per heavy atom. The Morgan fingerprint density at radius 1 is 1.30 bits per heavy atom. The summed E-state index contributed by atoms with van der Waals surface area (Å²) in [6.07, 6.45) is 1.77. The Hall–Kier alpha value is -1.55. The van der Waals surface area contributed by atoms with Gasteiger partial charge in [-0.25, -0.2) is 0 Å². The van der Waals surface area contributed by atoms with Gasteiger partial charge in [-0.05, 0) is 64.2 Å². The van der Waals surface area contributed by atoms with Crippen molar-refractivity contribution in [3.05, 3.63) is 51.8 Å². The van der Waals surface area contributed by atoms with Crippen molar-refractivity contribution in [1.29, 1.82) is 0 Å². The number of hydrogen-bond donors (Lipinski definition) is 1. The van der Waals surface area contributed by atoms with Crippen LogP contribution in [0.15, 0.2) is 34.9 Å². The number of benzene rings is 1. The molecule has 0 aliphatic heterocycles. The van der Waals surface area contributed by atoms with Crippen LogP contribution < -0.4 is 10.5 Å². The van der Waals surface area contributed by atoms with E-state index in [9.17, 15) is 0 Å². The number of nitrogen functional groups attached to an aromatic ring is 1. The highest BCUT2D eigenvalue weighted by Crippen LogP contribution is 2.31. The van der Waals surface area contributed by atoms with E-state index in [2.05, 4.69) is 34.8 Å². The molecule has 2 N–H and O–H groups in total. The minimum Gasteiger partial charge on any atom is -0.487 e. The molecule has 2 rings (SSSR count). The van der Waals surface area contributed by atoms with Crippen LogP contribution in [0.3, 0.4) is 0 Å². The number of aryl methyl sites for hydroxylation is 1. The Bertz CT molecular complexity index is 594. The lowest BCUT2D eigenvalue weighted by Crippen LogP contribution is -2.03. The molecule has 2 aromatic rings. The van der Waals surface area contributed by atoms with E-state index >= 15 is 0 Å². The SMILES string of the molecule is Cc1cc(OCc2ccc(Br)cn2)c(C(C)C)cc1N. The molecular weight excluding hydrogens is 316 g/mol. The second-order valence-electron chi connectivity index (χ2n) is 5.16. The van der Waals surface area contributed by atoms with Crippen LogP contribution in [0, 0.1) is 6.92 Å². The number of halogens is 1. The molecule has 0 spiro atoms. The molecule has 1 aromatic carbocycles. The van der Waals surface area contributed by atoms with Crippen molar-refractivity contribution in [3.8, 4) is 5.75 Å². The van der Waals surface area contributed by atoms with Gasteiger partial charge >= 0.3 is 0 Å². The summed E-state index contributed by atoms with van der Waals surface area (Å²) >= 11 is 3.37. The van der Waals surface area contributed by atoms with Crippen LogP contribution in [0.1, 0.15) is 36.6 Å². The average molecular weight is 335 g/mol. The topological polar surface area (TPSA) is 48.1 Å². The smallest absolute Gasteiger partial charge is 0.130 e. The summed E-state index contributed by atoms with van der Waals surface area (Å²) in [5, 5.41) is 0. The summed E-state index contributed by atoms with van der Waals surface area (Å²) in [7, 11) is 0. The van der Waals surface area contributed by atoms with Crippen LogP contribution in [0.25, 0.3) is 0 Å². The summed E-state index contributed by atoms with van der Waals surface area (Å²) in [6, 6.07) is 7.92. The monoisotopic (exact) mass is 334 g/mol. The first-order valence-corrected chi connectivity index (χ1v) is 7.40. The number of nitrogens with zero attached hydrogens (tertiary/aromatic N) is 1. The normalized spacial score (nSPS) is 10.8. The van der Waals surface area contributed by atoms with Gasteiger partial charge in [-0.3, -0.25) is 4.98 Å². The van der Waals surface area contributed by atoms with E-state index in [1.807, 2.05) is 31.2 Å². The summed E-state index contributed by atoms with van der Waals surface area (Å²) in [4.78, 5) is 4.31. The van der Waals surface area contributed by atoms with Crippen molar-refractivity contribution in [2.24, 2.45) is 0 Å². The molecule has 106 valence electrons. The van der Waals surface area contributed by atoms with Gasteiger partial charge in [-0.15, -0.1) is 0 Å². The molecule has 0 atom stereocenters. The molecule has 0 amide bonds. The average Bonchev–Trinajstić information content (AvgIpc) is 2.41. The summed E-state index contributed by atoms with van der Waals surface area (Å²) in [5.41, 5.74) is 9.85. The Morgan fingerprint density at radius 2 is 2.05 bits per heavy atom. The summed E-state index contributed by atoms with van der Waals surface area (Å²) in [6.45, 7) is 6.71. The van der Waals surface area contributed by atoms with Gasteiger partial charge in [0.1, 0.15) is 12.4 Å². The molecule has 0 fully saturated rings. The van der Waals surface area contributed by atoms with Crippen LogP contribution in [-0.4, -0.2) is 4.98 Å². The predicted octanol–water partition coefficient (Wildman–Crippen LogP) is 4.44. The van der Waals surface area contributed by atoms with Gasteiger partial charge in [-0.2, -0.15) is 0 Å². The van der Waals surface area contributed by atoms with E-state index in [1.54, 1.807) is 6.20 Å². The number of rotatable bonds is 4. The fourth-order valence-electron chi connectivity index (χ4n) is 1.94. The van der Waals surface area contributed by atoms with E-state index in [-0.39, 0.29) is 0 Å². The fourth-order valence-corrected chi connectivity index (χ4v) is 2.17. The standard InChI is InChI=1S/C16H19BrN2O/c1-10(2)14-7-15(18)11(3)6-16(14)20-9-13-5-4-12(17)8-19-13/h4-8,10H,9,18H2,1-3H3. The van der Waals surface area contributed by atoms with Crippen molar-refractivity contribution in [1.82, 2.24) is 4.98 Å². The minimum atomic E-state index is 0.366. The maximum Gasteiger partial charge on any atom is 0.130 e. The third kappa shape index (κ3) is 3.51. The lowest BCUT2D eigenvalue weighted by molar-refractivity contribution is 0.297. The molecule has 1 aromatic heterocycles. The molecule has 0 saturated carbocycles. The van der Waals surface area contributed by atoms with Gasteiger partial charge in [0, 0.05) is 16.4 Å². The summed E-state index contributed by atoms with van der Waals surface area (Å²) < 4.78 is 6.89. The van der Waals surface area contributed by atoms with Crippen molar-refractivity contribution < 1.29 is 4.74 Å². The zero-order chi connectivity index (χ0) is 14.7. The zero-order valence-electron chi connectivity index (χ0n) is 12.0. The molecule has 0 bridgehead atoms. The highest BCUT2D eigenvalue weighted by atomic mass is 79.9. The quantitative estimate of drug-likeness (QED) is 0.841. The van der Waals surface area contributed by atoms with Crippen molar-refractivity contribution in [2.45, 2.75) is 33.3 Å². The molecule has 1 heterocycles. The lowest BCUT2D eigenvalue weighted by atomic mass is 9.99. The van der Waals surface area contributed by atoms with E-state index in [0.29, 0.717) is 12.5 Å². The first kappa shape index (κ1) is 14.9. The molecule has 0 aliphatic carbocycles. The van der Waals surface area contributed by atoms with Gasteiger partial charge in [-0.1, -0.05) is 13.8 Å². The highest BCUT2D eigenvalue weighted by Gasteiger charge is 2.11. The third-order valence-corrected chi connectivity index (χ3v) is 3.65. The number of ether oxygens (including phenoxy) is 1. The maximum atomic E-state index is 5.98. The molecule has 0 radical (unpaired) electrons. The Labute approximate surface area is 128 Å². The van der Waals surface area contributed by atoms with Gasteiger partial charge in [0.2, 0.25) is 0 Å². The second-order valence-corrected chi connectivity index (χ2v) is 6.07. The number of hydrogen-bond acceptors (Lipinski definition) is 3. The number of anilines is 1.